The zero-order valence-electron chi connectivity index (χ0n) is 14.3. The van der Waals surface area contributed by atoms with E-state index in [1.807, 2.05) is 24.3 Å². The number of hydrogen-bond donors (Lipinski definition) is 2. The lowest BCUT2D eigenvalue weighted by Crippen LogP contribution is -2.25. The molecule has 0 unspecified atom stereocenters. The summed E-state index contributed by atoms with van der Waals surface area (Å²) in [6, 6.07) is 14.2. The van der Waals surface area contributed by atoms with Crippen molar-refractivity contribution in [3.05, 3.63) is 70.8 Å². The molecule has 25 heavy (non-hydrogen) atoms. The Morgan fingerprint density at radius 1 is 1.04 bits per heavy atom. The predicted octanol–water partition coefficient (Wildman–Crippen LogP) is 3.17. The van der Waals surface area contributed by atoms with Gasteiger partial charge in [0.15, 0.2) is 0 Å². The van der Waals surface area contributed by atoms with Gasteiger partial charge in [0.05, 0.1) is 18.6 Å². The number of amides is 1. The lowest BCUT2D eigenvalue weighted by atomic mass is 10.1. The van der Waals surface area contributed by atoms with Crippen LogP contribution in [0.15, 0.2) is 48.5 Å². The molecule has 5 nitrogen and oxygen atoms in total. The molecule has 0 saturated heterocycles. The van der Waals surface area contributed by atoms with Crippen molar-refractivity contribution >= 4 is 11.9 Å². The smallest absolute Gasteiger partial charge is 0.335 e. The van der Waals surface area contributed by atoms with E-state index in [1.165, 1.54) is 12.1 Å². The molecule has 0 spiro atoms. The maximum atomic E-state index is 12.1. The van der Waals surface area contributed by atoms with Gasteiger partial charge in [-0.25, -0.2) is 4.79 Å². The summed E-state index contributed by atoms with van der Waals surface area (Å²) in [4.78, 5) is 22.9. The van der Waals surface area contributed by atoms with Gasteiger partial charge in [-0.05, 0) is 35.2 Å². The quantitative estimate of drug-likeness (QED) is 0.687. The number of carbonyl (C=O) groups is 2. The summed E-state index contributed by atoms with van der Waals surface area (Å²) in [5.41, 5.74) is 3.10. The van der Waals surface area contributed by atoms with Gasteiger partial charge in [-0.1, -0.05) is 43.3 Å². The summed E-state index contributed by atoms with van der Waals surface area (Å²) in [7, 11) is 0. The standard InChI is InChI=1S/C20H23NO4/c1-2-11-25-14-18-6-4-3-5-17(18)13-21-19(22)12-15-7-9-16(10-8-15)20(23)24/h3-10H,2,11-14H2,1H3,(H,21,22)(H,23,24). The van der Waals surface area contributed by atoms with Gasteiger partial charge in [0, 0.05) is 13.2 Å². The van der Waals surface area contributed by atoms with Gasteiger partial charge in [-0.3, -0.25) is 4.79 Å². The molecule has 0 atom stereocenters. The summed E-state index contributed by atoms with van der Waals surface area (Å²) in [5.74, 6) is -1.08. The van der Waals surface area contributed by atoms with Crippen LogP contribution in [0.3, 0.4) is 0 Å². The van der Waals surface area contributed by atoms with E-state index in [2.05, 4.69) is 12.2 Å². The molecule has 0 heterocycles. The molecule has 2 aromatic rings. The summed E-state index contributed by atoms with van der Waals surface area (Å²) in [6.45, 7) is 3.76. The number of nitrogens with one attached hydrogen (secondary N) is 1. The highest BCUT2D eigenvalue weighted by atomic mass is 16.5. The minimum absolute atomic E-state index is 0.104. The summed E-state index contributed by atoms with van der Waals surface area (Å²) >= 11 is 0. The largest absolute Gasteiger partial charge is 0.478 e. The molecule has 2 N–H and O–H groups in total. The van der Waals surface area contributed by atoms with Crippen LogP contribution < -0.4 is 5.32 Å². The monoisotopic (exact) mass is 341 g/mol. The van der Waals surface area contributed by atoms with Gasteiger partial charge in [-0.15, -0.1) is 0 Å². The van der Waals surface area contributed by atoms with E-state index >= 15 is 0 Å². The van der Waals surface area contributed by atoms with Crippen LogP contribution in [-0.2, 0) is 29.1 Å². The van der Waals surface area contributed by atoms with Gasteiger partial charge in [-0.2, -0.15) is 0 Å². The molecular formula is C20H23NO4. The van der Waals surface area contributed by atoms with Gasteiger partial charge in [0.2, 0.25) is 5.91 Å². The van der Waals surface area contributed by atoms with Crippen molar-refractivity contribution in [3.63, 3.8) is 0 Å². The third kappa shape index (κ3) is 6.04. The van der Waals surface area contributed by atoms with Crippen LogP contribution in [0.2, 0.25) is 0 Å². The van der Waals surface area contributed by atoms with Crippen LogP contribution in [0.1, 0.15) is 40.4 Å². The minimum Gasteiger partial charge on any atom is -0.478 e. The van der Waals surface area contributed by atoms with Crippen molar-refractivity contribution in [2.24, 2.45) is 0 Å². The molecule has 2 aromatic carbocycles. The lowest BCUT2D eigenvalue weighted by molar-refractivity contribution is -0.120. The van der Waals surface area contributed by atoms with Crippen molar-refractivity contribution in [3.8, 4) is 0 Å². The molecule has 0 aliphatic carbocycles. The number of carbonyl (C=O) groups excluding carboxylic acids is 1. The highest BCUT2D eigenvalue weighted by Crippen LogP contribution is 2.11. The average Bonchev–Trinajstić information content (AvgIpc) is 2.61. The van der Waals surface area contributed by atoms with Gasteiger partial charge >= 0.3 is 5.97 Å². The Hall–Kier alpha value is -2.66. The van der Waals surface area contributed by atoms with Crippen molar-refractivity contribution in [1.82, 2.24) is 5.32 Å². The SMILES string of the molecule is CCCOCc1ccccc1CNC(=O)Cc1ccc(C(=O)O)cc1. The van der Waals surface area contributed by atoms with Crippen molar-refractivity contribution < 1.29 is 19.4 Å². The summed E-state index contributed by atoms with van der Waals surface area (Å²) in [5, 5.41) is 11.8. The first kappa shape index (κ1) is 18.7. The maximum Gasteiger partial charge on any atom is 0.335 e. The van der Waals surface area contributed by atoms with E-state index in [0.29, 0.717) is 19.8 Å². The van der Waals surface area contributed by atoms with E-state index < -0.39 is 5.97 Å². The minimum atomic E-state index is -0.974. The third-order valence-corrected chi connectivity index (χ3v) is 3.77. The molecule has 1 amide bonds. The van der Waals surface area contributed by atoms with Crippen LogP contribution in [-0.4, -0.2) is 23.6 Å². The number of hydrogen-bond acceptors (Lipinski definition) is 3. The van der Waals surface area contributed by atoms with E-state index in [4.69, 9.17) is 9.84 Å². The topological polar surface area (TPSA) is 75.6 Å². The maximum absolute atomic E-state index is 12.1. The number of benzene rings is 2. The summed E-state index contributed by atoms with van der Waals surface area (Å²) < 4.78 is 5.58. The molecule has 0 fully saturated rings. The molecule has 0 bridgehead atoms. The van der Waals surface area contributed by atoms with E-state index in [1.54, 1.807) is 12.1 Å². The second-order valence-corrected chi connectivity index (χ2v) is 5.78. The molecule has 0 radical (unpaired) electrons. The zero-order valence-corrected chi connectivity index (χ0v) is 14.3. The third-order valence-electron chi connectivity index (χ3n) is 3.77. The molecule has 132 valence electrons. The number of rotatable bonds is 9. The Morgan fingerprint density at radius 3 is 2.36 bits per heavy atom. The molecule has 0 aromatic heterocycles. The van der Waals surface area contributed by atoms with Crippen molar-refractivity contribution in [2.45, 2.75) is 32.9 Å². The molecule has 5 heteroatoms. The van der Waals surface area contributed by atoms with E-state index in [-0.39, 0.29) is 17.9 Å². The molecule has 0 aliphatic rings. The zero-order chi connectivity index (χ0) is 18.1. The summed E-state index contributed by atoms with van der Waals surface area (Å²) in [6.07, 6.45) is 1.19. The predicted molar refractivity (Wildman–Crippen MR) is 95.3 cm³/mol. The van der Waals surface area contributed by atoms with Crippen LogP contribution >= 0.6 is 0 Å². The molecule has 2 rings (SSSR count). The highest BCUT2D eigenvalue weighted by molar-refractivity contribution is 5.87. The van der Waals surface area contributed by atoms with Crippen LogP contribution in [0.5, 0.6) is 0 Å². The Labute approximate surface area is 147 Å². The fraction of sp³-hybridized carbons (Fsp3) is 0.300. The Balaban J connectivity index is 1.88. The number of carboxylic acids is 1. The highest BCUT2D eigenvalue weighted by Gasteiger charge is 2.07. The van der Waals surface area contributed by atoms with Gasteiger partial charge in [0.1, 0.15) is 0 Å². The number of aromatic carboxylic acids is 1. The number of carboxylic acid groups (broad SMARTS) is 1. The second kappa shape index (κ2) is 9.59. The average molecular weight is 341 g/mol. The Bertz CT molecular complexity index is 710. The van der Waals surface area contributed by atoms with E-state index in [0.717, 1.165) is 23.1 Å². The molecular weight excluding hydrogens is 318 g/mol. The van der Waals surface area contributed by atoms with Crippen LogP contribution in [0.25, 0.3) is 0 Å². The Morgan fingerprint density at radius 2 is 1.72 bits per heavy atom. The first-order valence-electron chi connectivity index (χ1n) is 8.33. The Kier molecular flexibility index (Phi) is 7.16. The van der Waals surface area contributed by atoms with Crippen molar-refractivity contribution in [2.75, 3.05) is 6.61 Å². The van der Waals surface area contributed by atoms with Gasteiger partial charge in [0.25, 0.3) is 0 Å². The lowest BCUT2D eigenvalue weighted by Gasteiger charge is -2.11. The van der Waals surface area contributed by atoms with Crippen LogP contribution in [0, 0.1) is 0 Å². The fourth-order valence-corrected chi connectivity index (χ4v) is 2.40. The van der Waals surface area contributed by atoms with Crippen molar-refractivity contribution in [1.29, 1.82) is 0 Å². The first-order valence-corrected chi connectivity index (χ1v) is 8.33. The first-order chi connectivity index (χ1) is 12.1. The molecule has 0 aliphatic heterocycles. The van der Waals surface area contributed by atoms with Gasteiger partial charge < -0.3 is 15.2 Å². The number of ether oxygens (including phenoxy) is 1. The van der Waals surface area contributed by atoms with E-state index in [9.17, 15) is 9.59 Å². The van der Waals surface area contributed by atoms with Crippen LogP contribution in [0.4, 0.5) is 0 Å². The molecule has 0 saturated carbocycles. The fourth-order valence-electron chi connectivity index (χ4n) is 2.40. The normalized spacial score (nSPS) is 10.4. The second-order valence-electron chi connectivity index (χ2n) is 5.78.